The van der Waals surface area contributed by atoms with Crippen LogP contribution in [0.15, 0.2) is 23.4 Å². The highest BCUT2D eigenvalue weighted by Crippen LogP contribution is 2.12. The molecule has 0 radical (unpaired) electrons. The van der Waals surface area contributed by atoms with Crippen LogP contribution in [-0.2, 0) is 22.7 Å². The van der Waals surface area contributed by atoms with Crippen LogP contribution < -0.4 is 16.0 Å². The molecule has 3 N–H and O–H groups in total. The second-order valence-electron chi connectivity index (χ2n) is 8.98. The highest BCUT2D eigenvalue weighted by Gasteiger charge is 2.27. The van der Waals surface area contributed by atoms with E-state index in [4.69, 9.17) is 4.74 Å². The maximum absolute atomic E-state index is 13.1. The molecule has 3 atom stereocenters. The van der Waals surface area contributed by atoms with Crippen molar-refractivity contribution in [2.45, 2.75) is 84.7 Å². The molecule has 3 unspecified atom stereocenters. The van der Waals surface area contributed by atoms with E-state index in [0.717, 1.165) is 22.6 Å². The number of aromatic nitrogens is 2. The average Bonchev–Trinajstić information content (AvgIpc) is 3.56. The third kappa shape index (κ3) is 10.1. The molecule has 0 aliphatic heterocycles. The molecule has 36 heavy (non-hydrogen) atoms. The Bertz CT molecular complexity index is 923. The Labute approximate surface area is 221 Å². The molecule has 2 heterocycles. The molecule has 2 rings (SSSR count). The summed E-state index contributed by atoms with van der Waals surface area (Å²) in [6.07, 6.45) is 5.82. The van der Waals surface area contributed by atoms with Crippen molar-refractivity contribution in [3.05, 3.63) is 33.2 Å². The summed E-state index contributed by atoms with van der Waals surface area (Å²) < 4.78 is 5.27. The van der Waals surface area contributed by atoms with Gasteiger partial charge < -0.3 is 25.6 Å². The van der Waals surface area contributed by atoms with Gasteiger partial charge in [0.1, 0.15) is 12.6 Å². The maximum Gasteiger partial charge on any atom is 0.407 e. The van der Waals surface area contributed by atoms with Crippen LogP contribution in [0.2, 0.25) is 0 Å². The molecule has 0 bridgehead atoms. The molecular weight excluding hydrogens is 500 g/mol. The molecule has 0 aliphatic carbocycles. The van der Waals surface area contributed by atoms with Crippen LogP contribution in [0.25, 0.3) is 0 Å². The number of nitrogens with zero attached hydrogens (tertiary/aromatic N) is 3. The van der Waals surface area contributed by atoms with E-state index >= 15 is 0 Å². The Balaban J connectivity index is 1.82. The number of alkyl carbamates (subject to hydrolysis) is 1. The molecule has 200 valence electrons. The van der Waals surface area contributed by atoms with Gasteiger partial charge in [0.05, 0.1) is 22.4 Å². The molecule has 2 aromatic rings. The van der Waals surface area contributed by atoms with E-state index in [-0.39, 0.29) is 36.5 Å². The van der Waals surface area contributed by atoms with E-state index in [1.165, 1.54) is 22.7 Å². The van der Waals surface area contributed by atoms with Crippen molar-refractivity contribution in [2.75, 3.05) is 7.05 Å². The van der Waals surface area contributed by atoms with Crippen molar-refractivity contribution in [1.82, 2.24) is 30.8 Å². The molecule has 0 aliphatic rings. The number of nitrogens with one attached hydrogen (secondary N) is 3. The first-order valence-electron chi connectivity index (χ1n) is 12.2. The van der Waals surface area contributed by atoms with Crippen LogP contribution in [0, 0.1) is 5.92 Å². The molecule has 4 amide bonds. The number of hydrogen-bond donors (Lipinski definition) is 3. The normalized spacial score (nSPS) is 13.5. The Morgan fingerprint density at radius 2 is 1.53 bits per heavy atom. The van der Waals surface area contributed by atoms with Gasteiger partial charge in [0.2, 0.25) is 5.91 Å². The number of thiazole rings is 2. The molecule has 0 spiro atoms. The lowest BCUT2D eigenvalue weighted by molar-refractivity contribution is -0.124. The van der Waals surface area contributed by atoms with Gasteiger partial charge in [-0.25, -0.2) is 9.59 Å². The standard InChI is InChI=1S/C24H38N6O4S2/c1-6-17(8-9-18(7-2)28-24(33)34-13-20-11-26-15-36-20)27-22(31)21(16(3)4)29-23(32)30(5)12-19-10-25-14-35-19/h10-11,14-18,21H,6-9,12-13H2,1-5H3,(H,27,31)(H,28,33)(H,29,32). The summed E-state index contributed by atoms with van der Waals surface area (Å²) in [5.74, 6) is -0.289. The molecule has 2 aromatic heterocycles. The number of carbonyl (C=O) groups is 3. The Morgan fingerprint density at radius 1 is 0.944 bits per heavy atom. The molecule has 0 saturated heterocycles. The first kappa shape index (κ1) is 29.5. The van der Waals surface area contributed by atoms with Gasteiger partial charge in [0.25, 0.3) is 0 Å². The molecule has 0 aromatic carbocycles. The van der Waals surface area contributed by atoms with E-state index in [0.29, 0.717) is 19.4 Å². The Kier molecular flexibility index (Phi) is 12.6. The fourth-order valence-electron chi connectivity index (χ4n) is 3.51. The predicted molar refractivity (Wildman–Crippen MR) is 142 cm³/mol. The summed E-state index contributed by atoms with van der Waals surface area (Å²) in [4.78, 5) is 49.3. The Morgan fingerprint density at radius 3 is 2.06 bits per heavy atom. The Hall–Kier alpha value is -2.73. The highest BCUT2D eigenvalue weighted by molar-refractivity contribution is 7.09. The number of rotatable bonds is 14. The SMILES string of the molecule is CCC(CCC(CC)NC(=O)C(NC(=O)N(C)Cc1cncs1)C(C)C)NC(=O)OCc1cncs1. The summed E-state index contributed by atoms with van der Waals surface area (Å²) in [5.41, 5.74) is 3.42. The molecule has 0 saturated carbocycles. The quantitative estimate of drug-likeness (QED) is 0.332. The van der Waals surface area contributed by atoms with Gasteiger partial charge in [-0.2, -0.15) is 0 Å². The molecule has 10 nitrogen and oxygen atoms in total. The van der Waals surface area contributed by atoms with Gasteiger partial charge in [0, 0.05) is 36.4 Å². The fourth-order valence-corrected chi connectivity index (χ4v) is 4.67. The van der Waals surface area contributed by atoms with E-state index in [1.807, 2.05) is 27.7 Å². The van der Waals surface area contributed by atoms with E-state index in [1.54, 1.807) is 35.4 Å². The predicted octanol–water partition coefficient (Wildman–Crippen LogP) is 4.15. The van der Waals surface area contributed by atoms with Crippen molar-refractivity contribution < 1.29 is 19.1 Å². The first-order chi connectivity index (χ1) is 17.2. The monoisotopic (exact) mass is 538 g/mol. The second kappa shape index (κ2) is 15.4. The second-order valence-corrected chi connectivity index (χ2v) is 10.9. The lowest BCUT2D eigenvalue weighted by Gasteiger charge is -2.28. The van der Waals surface area contributed by atoms with Gasteiger partial charge in [0.15, 0.2) is 0 Å². The summed E-state index contributed by atoms with van der Waals surface area (Å²) in [6, 6.07) is -1.10. The third-order valence-electron chi connectivity index (χ3n) is 5.80. The molecular formula is C24H38N6O4S2. The molecule has 12 heteroatoms. The fraction of sp³-hybridized carbons (Fsp3) is 0.625. The number of hydrogen-bond acceptors (Lipinski definition) is 8. The van der Waals surface area contributed by atoms with Crippen LogP contribution in [-0.4, -0.2) is 58.1 Å². The largest absolute Gasteiger partial charge is 0.444 e. The minimum atomic E-state index is -0.655. The number of carbonyl (C=O) groups excluding carboxylic acids is 3. The zero-order valence-corrected chi connectivity index (χ0v) is 23.3. The lowest BCUT2D eigenvalue weighted by Crippen LogP contribution is -2.54. The van der Waals surface area contributed by atoms with Crippen LogP contribution in [0.1, 0.15) is 63.1 Å². The van der Waals surface area contributed by atoms with Crippen LogP contribution >= 0.6 is 22.7 Å². The zero-order valence-electron chi connectivity index (χ0n) is 21.7. The topological polar surface area (TPSA) is 126 Å². The van der Waals surface area contributed by atoms with Crippen LogP contribution in [0.5, 0.6) is 0 Å². The minimum absolute atomic E-state index is 0.0640. The van der Waals surface area contributed by atoms with Gasteiger partial charge in [-0.3, -0.25) is 14.8 Å². The van der Waals surface area contributed by atoms with Gasteiger partial charge in [-0.1, -0.05) is 27.7 Å². The van der Waals surface area contributed by atoms with Crippen molar-refractivity contribution in [1.29, 1.82) is 0 Å². The highest BCUT2D eigenvalue weighted by atomic mass is 32.1. The average molecular weight is 539 g/mol. The molecule has 0 fully saturated rings. The summed E-state index contributed by atoms with van der Waals surface area (Å²) in [5, 5.41) is 8.86. The smallest absolute Gasteiger partial charge is 0.407 e. The van der Waals surface area contributed by atoms with E-state index < -0.39 is 12.1 Å². The van der Waals surface area contributed by atoms with Crippen molar-refractivity contribution in [3.8, 4) is 0 Å². The van der Waals surface area contributed by atoms with Gasteiger partial charge >= 0.3 is 12.1 Å². The van der Waals surface area contributed by atoms with Crippen molar-refractivity contribution in [3.63, 3.8) is 0 Å². The van der Waals surface area contributed by atoms with Crippen molar-refractivity contribution in [2.24, 2.45) is 5.92 Å². The number of urea groups is 1. The number of amides is 4. The first-order valence-corrected chi connectivity index (χ1v) is 14.0. The maximum atomic E-state index is 13.1. The number of ether oxygens (including phenoxy) is 1. The lowest BCUT2D eigenvalue weighted by atomic mass is 10.00. The summed E-state index contributed by atoms with van der Waals surface area (Å²) >= 11 is 2.91. The summed E-state index contributed by atoms with van der Waals surface area (Å²) in [7, 11) is 1.69. The zero-order chi connectivity index (χ0) is 26.5. The minimum Gasteiger partial charge on any atom is -0.444 e. The van der Waals surface area contributed by atoms with Gasteiger partial charge in [-0.15, -0.1) is 22.7 Å². The van der Waals surface area contributed by atoms with Gasteiger partial charge in [-0.05, 0) is 31.6 Å². The van der Waals surface area contributed by atoms with E-state index in [2.05, 4.69) is 25.9 Å². The van der Waals surface area contributed by atoms with Crippen LogP contribution in [0.3, 0.4) is 0 Å². The van der Waals surface area contributed by atoms with Crippen molar-refractivity contribution >= 4 is 40.7 Å². The van der Waals surface area contributed by atoms with Crippen LogP contribution in [0.4, 0.5) is 9.59 Å². The summed E-state index contributed by atoms with van der Waals surface area (Å²) in [6.45, 7) is 8.45. The third-order valence-corrected chi connectivity index (χ3v) is 7.32. The van der Waals surface area contributed by atoms with E-state index in [9.17, 15) is 14.4 Å².